The van der Waals surface area contributed by atoms with E-state index >= 15 is 0 Å². The topological polar surface area (TPSA) is 12.0 Å². The predicted molar refractivity (Wildman–Crippen MR) is 79.2 cm³/mol. The summed E-state index contributed by atoms with van der Waals surface area (Å²) in [4.78, 5) is 0. The van der Waals surface area contributed by atoms with E-state index in [2.05, 4.69) is 64.2 Å². The molecular weight excluding hydrogens is 218 g/mol. The maximum atomic E-state index is 3.66. The lowest BCUT2D eigenvalue weighted by Gasteiger charge is -2.25. The van der Waals surface area contributed by atoms with E-state index in [1.807, 2.05) is 0 Å². The molecule has 1 N–H and O–H groups in total. The van der Waals surface area contributed by atoms with E-state index < -0.39 is 0 Å². The van der Waals surface area contributed by atoms with Gasteiger partial charge in [0.05, 0.1) is 0 Å². The number of hydrogen-bond acceptors (Lipinski definition) is 1. The summed E-state index contributed by atoms with van der Waals surface area (Å²) in [6.07, 6.45) is 2.66. The molecule has 0 aromatic heterocycles. The maximum absolute atomic E-state index is 3.66. The summed E-state index contributed by atoms with van der Waals surface area (Å²) in [6.45, 7) is 12.3. The van der Waals surface area contributed by atoms with Crippen LogP contribution in [0.25, 0.3) is 0 Å². The van der Waals surface area contributed by atoms with Crippen molar-refractivity contribution in [3.05, 3.63) is 35.4 Å². The average molecular weight is 245 g/mol. The Morgan fingerprint density at radius 3 is 2.06 bits per heavy atom. The zero-order valence-corrected chi connectivity index (χ0v) is 12.5. The van der Waals surface area contributed by atoms with Gasteiger partial charge in [0.2, 0.25) is 0 Å². The van der Waals surface area contributed by atoms with Gasteiger partial charge < -0.3 is 5.32 Å². The molecule has 0 radical (unpaired) electrons. The molecular formula is C17H27N. The van der Waals surface area contributed by atoms with Crippen LogP contribution in [0.5, 0.6) is 0 Å². The van der Waals surface area contributed by atoms with Crippen molar-refractivity contribution in [3.63, 3.8) is 0 Å². The first kappa shape index (κ1) is 13.6. The fraction of sp³-hybridized carbons (Fsp3) is 0.647. The van der Waals surface area contributed by atoms with Crippen molar-refractivity contribution in [3.8, 4) is 0 Å². The SMILES string of the molecule is CC(C)c1ccc(C2(CNC(C)(C)C)CC2)cc1. The first-order valence-corrected chi connectivity index (χ1v) is 7.18. The minimum absolute atomic E-state index is 0.216. The fourth-order valence-electron chi connectivity index (χ4n) is 2.37. The third-order valence-corrected chi connectivity index (χ3v) is 4.00. The van der Waals surface area contributed by atoms with Gasteiger partial charge in [0.1, 0.15) is 0 Å². The van der Waals surface area contributed by atoms with Crippen LogP contribution in [0.1, 0.15) is 64.5 Å². The van der Waals surface area contributed by atoms with E-state index in [-0.39, 0.29) is 5.54 Å². The molecule has 1 aromatic carbocycles. The molecule has 0 spiro atoms. The molecule has 0 heterocycles. The van der Waals surface area contributed by atoms with E-state index in [0.29, 0.717) is 11.3 Å². The Morgan fingerprint density at radius 2 is 1.67 bits per heavy atom. The predicted octanol–water partition coefficient (Wildman–Crippen LogP) is 4.23. The molecule has 100 valence electrons. The van der Waals surface area contributed by atoms with E-state index in [0.717, 1.165) is 6.54 Å². The van der Waals surface area contributed by atoms with E-state index in [1.54, 1.807) is 0 Å². The summed E-state index contributed by atoms with van der Waals surface area (Å²) in [5.74, 6) is 0.627. The molecule has 1 heteroatoms. The minimum atomic E-state index is 0.216. The van der Waals surface area contributed by atoms with Crippen LogP contribution >= 0.6 is 0 Å². The Morgan fingerprint density at radius 1 is 1.11 bits per heavy atom. The van der Waals surface area contributed by atoms with Crippen molar-refractivity contribution in [1.29, 1.82) is 0 Å². The van der Waals surface area contributed by atoms with Gasteiger partial charge in [-0.05, 0) is 50.7 Å². The molecule has 18 heavy (non-hydrogen) atoms. The lowest BCUT2D eigenvalue weighted by atomic mass is 9.92. The zero-order valence-electron chi connectivity index (χ0n) is 12.5. The molecule has 0 amide bonds. The van der Waals surface area contributed by atoms with Crippen molar-refractivity contribution >= 4 is 0 Å². The van der Waals surface area contributed by atoms with Gasteiger partial charge in [0.25, 0.3) is 0 Å². The number of hydrogen-bond donors (Lipinski definition) is 1. The number of benzene rings is 1. The van der Waals surface area contributed by atoms with Crippen molar-refractivity contribution in [2.75, 3.05) is 6.54 Å². The third-order valence-electron chi connectivity index (χ3n) is 4.00. The van der Waals surface area contributed by atoms with Gasteiger partial charge in [0.15, 0.2) is 0 Å². The summed E-state index contributed by atoms with van der Waals surface area (Å²) in [7, 11) is 0. The second-order valence-electron chi connectivity index (χ2n) is 7.16. The van der Waals surface area contributed by atoms with Crippen LogP contribution in [0, 0.1) is 0 Å². The summed E-state index contributed by atoms with van der Waals surface area (Å²) in [6, 6.07) is 9.29. The Balaban J connectivity index is 2.06. The van der Waals surface area contributed by atoms with Crippen LogP contribution in [-0.2, 0) is 5.41 Å². The average Bonchev–Trinajstić information content (AvgIpc) is 3.07. The van der Waals surface area contributed by atoms with Crippen molar-refractivity contribution in [1.82, 2.24) is 5.32 Å². The van der Waals surface area contributed by atoms with E-state index in [1.165, 1.54) is 24.0 Å². The highest BCUT2D eigenvalue weighted by Crippen LogP contribution is 2.48. The van der Waals surface area contributed by atoms with E-state index in [4.69, 9.17) is 0 Å². The van der Waals surface area contributed by atoms with Gasteiger partial charge in [-0.1, -0.05) is 38.1 Å². The number of nitrogens with one attached hydrogen (secondary N) is 1. The van der Waals surface area contributed by atoms with Crippen LogP contribution in [0.4, 0.5) is 0 Å². The quantitative estimate of drug-likeness (QED) is 0.837. The van der Waals surface area contributed by atoms with Crippen LogP contribution in [0.2, 0.25) is 0 Å². The van der Waals surface area contributed by atoms with Crippen LogP contribution in [0.3, 0.4) is 0 Å². The maximum Gasteiger partial charge on any atom is 0.00968 e. The molecule has 0 atom stereocenters. The Bertz CT molecular complexity index is 391. The largest absolute Gasteiger partial charge is 0.311 e. The normalized spacial score (nSPS) is 18.1. The van der Waals surface area contributed by atoms with Gasteiger partial charge in [-0.25, -0.2) is 0 Å². The summed E-state index contributed by atoms with van der Waals surface area (Å²) in [5.41, 5.74) is 3.60. The standard InChI is InChI=1S/C17H27N/c1-13(2)14-6-8-15(9-7-14)17(10-11-17)12-18-16(3,4)5/h6-9,13,18H,10-12H2,1-5H3. The van der Waals surface area contributed by atoms with Gasteiger partial charge in [-0.3, -0.25) is 0 Å². The Kier molecular flexibility index (Phi) is 3.55. The van der Waals surface area contributed by atoms with Gasteiger partial charge in [-0.2, -0.15) is 0 Å². The lowest BCUT2D eigenvalue weighted by Crippen LogP contribution is -2.40. The summed E-state index contributed by atoms with van der Waals surface area (Å²) < 4.78 is 0. The molecule has 1 nitrogen and oxygen atoms in total. The van der Waals surface area contributed by atoms with Gasteiger partial charge in [-0.15, -0.1) is 0 Å². The van der Waals surface area contributed by atoms with Crippen molar-refractivity contribution in [2.24, 2.45) is 0 Å². The Labute approximate surface area is 112 Å². The van der Waals surface area contributed by atoms with Crippen LogP contribution in [0.15, 0.2) is 24.3 Å². The smallest absolute Gasteiger partial charge is 0.00968 e. The minimum Gasteiger partial charge on any atom is -0.311 e. The molecule has 1 aromatic rings. The first-order valence-electron chi connectivity index (χ1n) is 7.18. The van der Waals surface area contributed by atoms with Crippen LogP contribution < -0.4 is 5.32 Å². The number of rotatable bonds is 4. The van der Waals surface area contributed by atoms with Crippen LogP contribution in [-0.4, -0.2) is 12.1 Å². The molecule has 1 aliphatic rings. The molecule has 1 saturated carbocycles. The lowest BCUT2D eigenvalue weighted by molar-refractivity contribution is 0.399. The second-order valence-corrected chi connectivity index (χ2v) is 7.16. The van der Waals surface area contributed by atoms with E-state index in [9.17, 15) is 0 Å². The van der Waals surface area contributed by atoms with Gasteiger partial charge >= 0.3 is 0 Å². The summed E-state index contributed by atoms with van der Waals surface area (Å²) >= 11 is 0. The molecule has 0 aliphatic heterocycles. The first-order chi connectivity index (χ1) is 8.32. The molecule has 0 unspecified atom stereocenters. The highest BCUT2D eigenvalue weighted by molar-refractivity contribution is 5.35. The Hall–Kier alpha value is -0.820. The third kappa shape index (κ3) is 3.14. The molecule has 0 bridgehead atoms. The van der Waals surface area contributed by atoms with Crippen molar-refractivity contribution < 1.29 is 0 Å². The highest BCUT2D eigenvalue weighted by atomic mass is 15.0. The molecule has 2 rings (SSSR count). The highest BCUT2D eigenvalue weighted by Gasteiger charge is 2.44. The van der Waals surface area contributed by atoms with Gasteiger partial charge in [0, 0.05) is 17.5 Å². The van der Waals surface area contributed by atoms with Crippen molar-refractivity contribution in [2.45, 2.75) is 64.3 Å². The summed E-state index contributed by atoms with van der Waals surface area (Å²) in [5, 5.41) is 3.66. The molecule has 1 aliphatic carbocycles. The monoisotopic (exact) mass is 245 g/mol. The molecule has 0 saturated heterocycles. The second kappa shape index (κ2) is 4.70. The zero-order chi connectivity index (χ0) is 13.4. The fourth-order valence-corrected chi connectivity index (χ4v) is 2.37. The molecule has 1 fully saturated rings.